The normalized spacial score (nSPS) is 38.0. The van der Waals surface area contributed by atoms with E-state index in [1.54, 1.807) is 0 Å². The van der Waals surface area contributed by atoms with Crippen molar-refractivity contribution in [2.75, 3.05) is 19.6 Å². The van der Waals surface area contributed by atoms with Crippen LogP contribution in [0, 0.1) is 0 Å². The minimum atomic E-state index is 0.0550. The van der Waals surface area contributed by atoms with Crippen LogP contribution in [-0.2, 0) is 4.79 Å². The highest BCUT2D eigenvalue weighted by molar-refractivity contribution is 5.81. The van der Waals surface area contributed by atoms with Crippen LogP contribution in [0.25, 0.3) is 0 Å². The van der Waals surface area contributed by atoms with Crippen LogP contribution in [-0.4, -0.2) is 48.6 Å². The molecule has 102 valence electrons. The highest BCUT2D eigenvalue weighted by atomic mass is 16.2. The third-order valence-electron chi connectivity index (χ3n) is 4.81. The van der Waals surface area contributed by atoms with Gasteiger partial charge in [-0.3, -0.25) is 9.69 Å². The molecule has 3 atom stereocenters. The fraction of sp³-hybridized carbons (Fsp3) is 0.929. The van der Waals surface area contributed by atoms with E-state index < -0.39 is 0 Å². The number of carbonyl (C=O) groups is 1. The molecule has 0 spiro atoms. The van der Waals surface area contributed by atoms with Gasteiger partial charge in [-0.1, -0.05) is 6.42 Å². The van der Waals surface area contributed by atoms with Gasteiger partial charge in [-0.2, -0.15) is 0 Å². The van der Waals surface area contributed by atoms with Crippen molar-refractivity contribution in [3.63, 3.8) is 0 Å². The summed E-state index contributed by atoms with van der Waals surface area (Å²) in [6, 6.07) is 1.29. The number of nitrogens with zero attached hydrogens (tertiary/aromatic N) is 1. The van der Waals surface area contributed by atoms with Crippen molar-refractivity contribution in [1.82, 2.24) is 15.5 Å². The first-order valence-electron chi connectivity index (χ1n) is 7.62. The summed E-state index contributed by atoms with van der Waals surface area (Å²) >= 11 is 0. The third kappa shape index (κ3) is 2.54. The predicted molar refractivity (Wildman–Crippen MR) is 71.4 cm³/mol. The molecule has 0 saturated carbocycles. The molecule has 18 heavy (non-hydrogen) atoms. The number of carbonyl (C=O) groups excluding carboxylic acids is 1. The Kier molecular flexibility index (Phi) is 3.85. The van der Waals surface area contributed by atoms with Crippen LogP contribution in [0.15, 0.2) is 0 Å². The lowest BCUT2D eigenvalue weighted by molar-refractivity contribution is -0.123. The van der Waals surface area contributed by atoms with E-state index in [-0.39, 0.29) is 11.9 Å². The summed E-state index contributed by atoms with van der Waals surface area (Å²) < 4.78 is 0. The molecule has 3 fully saturated rings. The maximum absolute atomic E-state index is 12.0. The first-order valence-corrected chi connectivity index (χ1v) is 7.62. The van der Waals surface area contributed by atoms with E-state index in [0.29, 0.717) is 12.1 Å². The quantitative estimate of drug-likeness (QED) is 0.765. The molecular weight excluding hydrogens is 226 g/mol. The molecule has 0 aliphatic carbocycles. The maximum Gasteiger partial charge on any atom is 0.237 e. The highest BCUT2D eigenvalue weighted by Gasteiger charge is 2.37. The van der Waals surface area contributed by atoms with Gasteiger partial charge in [0.2, 0.25) is 5.91 Å². The molecule has 2 N–H and O–H groups in total. The second kappa shape index (κ2) is 5.57. The van der Waals surface area contributed by atoms with Crippen LogP contribution in [0.3, 0.4) is 0 Å². The number of hydrogen-bond donors (Lipinski definition) is 2. The molecule has 0 aromatic heterocycles. The average Bonchev–Trinajstić information content (AvgIpc) is 2.69. The van der Waals surface area contributed by atoms with E-state index >= 15 is 0 Å². The van der Waals surface area contributed by atoms with E-state index in [1.807, 2.05) is 0 Å². The van der Waals surface area contributed by atoms with Gasteiger partial charge in [0.1, 0.15) is 0 Å². The zero-order valence-electron chi connectivity index (χ0n) is 11.2. The van der Waals surface area contributed by atoms with Crippen LogP contribution >= 0.6 is 0 Å². The van der Waals surface area contributed by atoms with Crippen molar-refractivity contribution in [2.45, 2.75) is 63.1 Å². The van der Waals surface area contributed by atoms with Crippen LogP contribution in [0.1, 0.15) is 44.9 Å². The Morgan fingerprint density at radius 1 is 1.06 bits per heavy atom. The average molecular weight is 251 g/mol. The van der Waals surface area contributed by atoms with E-state index in [9.17, 15) is 4.79 Å². The molecule has 0 radical (unpaired) electrons. The van der Waals surface area contributed by atoms with Gasteiger partial charge in [0.05, 0.1) is 6.04 Å². The largest absolute Gasteiger partial charge is 0.355 e. The molecule has 0 bridgehead atoms. The molecule has 1 amide bonds. The summed E-state index contributed by atoms with van der Waals surface area (Å²) in [6.07, 6.45) is 8.54. The summed E-state index contributed by atoms with van der Waals surface area (Å²) in [6.45, 7) is 3.34. The molecule has 4 nitrogen and oxygen atoms in total. The number of fused-ring (bicyclic) bond motifs is 1. The first kappa shape index (κ1) is 12.4. The topological polar surface area (TPSA) is 44.4 Å². The maximum atomic E-state index is 12.0. The Hall–Kier alpha value is -0.610. The Labute approximate surface area is 109 Å². The van der Waals surface area contributed by atoms with E-state index in [0.717, 1.165) is 25.8 Å². The lowest BCUT2D eigenvalue weighted by Crippen LogP contribution is -2.52. The Morgan fingerprint density at radius 3 is 2.89 bits per heavy atom. The van der Waals surface area contributed by atoms with Crippen LogP contribution in [0.2, 0.25) is 0 Å². The molecular formula is C14H25N3O. The van der Waals surface area contributed by atoms with Gasteiger partial charge in [-0.15, -0.1) is 0 Å². The van der Waals surface area contributed by atoms with Gasteiger partial charge in [0, 0.05) is 25.2 Å². The Morgan fingerprint density at radius 2 is 1.94 bits per heavy atom. The number of piperidine rings is 1. The Balaban J connectivity index is 1.59. The smallest absolute Gasteiger partial charge is 0.237 e. The molecule has 3 aliphatic heterocycles. The molecule has 3 heterocycles. The second-order valence-electron chi connectivity index (χ2n) is 6.00. The highest BCUT2D eigenvalue weighted by Crippen LogP contribution is 2.27. The fourth-order valence-corrected chi connectivity index (χ4v) is 3.80. The third-order valence-corrected chi connectivity index (χ3v) is 4.81. The van der Waals surface area contributed by atoms with Crippen molar-refractivity contribution in [3.05, 3.63) is 0 Å². The molecule has 3 unspecified atom stereocenters. The minimum Gasteiger partial charge on any atom is -0.355 e. The summed E-state index contributed by atoms with van der Waals surface area (Å²) in [7, 11) is 0. The summed E-state index contributed by atoms with van der Waals surface area (Å²) in [5.41, 5.74) is 0. The zero-order valence-corrected chi connectivity index (χ0v) is 11.2. The van der Waals surface area contributed by atoms with Gasteiger partial charge >= 0.3 is 0 Å². The van der Waals surface area contributed by atoms with E-state index in [2.05, 4.69) is 15.5 Å². The van der Waals surface area contributed by atoms with Crippen molar-refractivity contribution in [1.29, 1.82) is 0 Å². The minimum absolute atomic E-state index is 0.0550. The van der Waals surface area contributed by atoms with Crippen LogP contribution in [0.4, 0.5) is 0 Å². The number of nitrogens with one attached hydrogen (secondary N) is 2. The number of rotatable bonds is 2. The fourth-order valence-electron chi connectivity index (χ4n) is 3.80. The van der Waals surface area contributed by atoms with Gasteiger partial charge < -0.3 is 10.6 Å². The number of hydrogen-bond acceptors (Lipinski definition) is 3. The van der Waals surface area contributed by atoms with Gasteiger partial charge in [-0.25, -0.2) is 0 Å². The standard InChI is InChI=1S/C14H25N3O/c18-14-12(5-1-3-8-15-14)16-11-7-10-17-9-4-2-6-13(11)17/h11-13,16H,1-10H2,(H,15,18). The number of amides is 1. The van der Waals surface area contributed by atoms with Crippen molar-refractivity contribution in [3.8, 4) is 0 Å². The van der Waals surface area contributed by atoms with Crippen LogP contribution < -0.4 is 10.6 Å². The molecule has 3 aliphatic rings. The van der Waals surface area contributed by atoms with Crippen molar-refractivity contribution < 1.29 is 4.79 Å². The lowest BCUT2D eigenvalue weighted by Gasteiger charge is -2.34. The molecule has 4 heteroatoms. The SMILES string of the molecule is O=C1NCCCCC1NC1CCN2CCCCC12. The summed E-state index contributed by atoms with van der Waals surface area (Å²) in [5, 5.41) is 6.68. The Bertz CT molecular complexity index is 307. The van der Waals surface area contributed by atoms with Gasteiger partial charge in [0.25, 0.3) is 0 Å². The van der Waals surface area contributed by atoms with Gasteiger partial charge in [-0.05, 0) is 45.1 Å². The first-order chi connectivity index (χ1) is 8.84. The van der Waals surface area contributed by atoms with Crippen molar-refractivity contribution in [2.24, 2.45) is 0 Å². The molecule has 3 saturated heterocycles. The van der Waals surface area contributed by atoms with E-state index in [4.69, 9.17) is 0 Å². The van der Waals surface area contributed by atoms with E-state index in [1.165, 1.54) is 38.8 Å². The van der Waals surface area contributed by atoms with Crippen molar-refractivity contribution >= 4 is 5.91 Å². The summed E-state index contributed by atoms with van der Waals surface area (Å²) in [5.74, 6) is 0.224. The van der Waals surface area contributed by atoms with Crippen LogP contribution in [0.5, 0.6) is 0 Å². The molecule has 0 aromatic rings. The molecule has 3 rings (SSSR count). The predicted octanol–water partition coefficient (Wildman–Crippen LogP) is 0.871. The lowest BCUT2D eigenvalue weighted by atomic mass is 9.97. The second-order valence-corrected chi connectivity index (χ2v) is 6.00. The summed E-state index contributed by atoms with van der Waals surface area (Å²) in [4.78, 5) is 14.6. The zero-order chi connectivity index (χ0) is 12.4. The monoisotopic (exact) mass is 251 g/mol. The molecule has 0 aromatic carbocycles. The van der Waals surface area contributed by atoms with Gasteiger partial charge in [0.15, 0.2) is 0 Å².